The van der Waals surface area contributed by atoms with Crippen LogP contribution in [0.2, 0.25) is 0 Å². The average Bonchev–Trinajstić information content (AvgIpc) is 3.23. The summed E-state index contributed by atoms with van der Waals surface area (Å²) in [6, 6.07) is 43.9. The Hall–Kier alpha value is -4.41. The molecule has 0 amide bonds. The summed E-state index contributed by atoms with van der Waals surface area (Å²) < 4.78 is 0. The second kappa shape index (κ2) is 7.30. The SMILES string of the molecule is CC1(C)c2ccccc2C2(c3ccccc3-c3ccccc32)c2cccc(-c3cccc(C#N)c3)c21. The summed E-state index contributed by atoms with van der Waals surface area (Å²) in [5.41, 5.74) is 13.1. The van der Waals surface area contributed by atoms with E-state index in [4.69, 9.17) is 0 Å². The zero-order valence-corrected chi connectivity index (χ0v) is 20.4. The highest BCUT2D eigenvalue weighted by Gasteiger charge is 2.53. The highest BCUT2D eigenvalue weighted by Crippen LogP contribution is 2.62. The number of benzene rings is 5. The predicted molar refractivity (Wildman–Crippen MR) is 146 cm³/mol. The van der Waals surface area contributed by atoms with Gasteiger partial charge in [0.05, 0.1) is 17.0 Å². The lowest BCUT2D eigenvalue weighted by Gasteiger charge is -2.47. The topological polar surface area (TPSA) is 23.8 Å². The molecular weight excluding hydrogens is 434 g/mol. The van der Waals surface area contributed by atoms with Crippen LogP contribution in [0.4, 0.5) is 0 Å². The number of hydrogen-bond acceptors (Lipinski definition) is 1. The van der Waals surface area contributed by atoms with Crippen LogP contribution in [-0.2, 0) is 10.8 Å². The van der Waals surface area contributed by atoms with Crippen molar-refractivity contribution in [2.75, 3.05) is 0 Å². The molecule has 2 aliphatic carbocycles. The Kier molecular flexibility index (Phi) is 4.24. The van der Waals surface area contributed by atoms with Crippen LogP contribution in [-0.4, -0.2) is 0 Å². The Morgan fingerprint density at radius 3 is 1.72 bits per heavy atom. The Morgan fingerprint density at radius 2 is 1.06 bits per heavy atom. The molecular formula is C35H25N. The van der Waals surface area contributed by atoms with Gasteiger partial charge in [-0.05, 0) is 67.8 Å². The first kappa shape index (κ1) is 20.9. The van der Waals surface area contributed by atoms with Crippen LogP contribution in [0.1, 0.15) is 52.8 Å². The van der Waals surface area contributed by atoms with Crippen LogP contribution in [0.5, 0.6) is 0 Å². The molecule has 7 rings (SSSR count). The van der Waals surface area contributed by atoms with E-state index in [1.807, 2.05) is 18.2 Å². The average molecular weight is 460 g/mol. The second-order valence-electron chi connectivity index (χ2n) is 10.4. The molecule has 170 valence electrons. The molecule has 0 aliphatic heterocycles. The van der Waals surface area contributed by atoms with Crippen LogP contribution in [0.3, 0.4) is 0 Å². The lowest BCUT2D eigenvalue weighted by atomic mass is 9.54. The molecule has 0 radical (unpaired) electrons. The smallest absolute Gasteiger partial charge is 0.0991 e. The Bertz CT molecular complexity index is 1680. The van der Waals surface area contributed by atoms with Gasteiger partial charge in [0.1, 0.15) is 0 Å². The van der Waals surface area contributed by atoms with Gasteiger partial charge in [-0.3, -0.25) is 0 Å². The summed E-state index contributed by atoms with van der Waals surface area (Å²) in [5.74, 6) is 0. The highest BCUT2D eigenvalue weighted by atomic mass is 14.5. The summed E-state index contributed by atoms with van der Waals surface area (Å²) in [5, 5.41) is 9.62. The number of nitriles is 1. The Balaban J connectivity index is 1.69. The number of hydrogen-bond donors (Lipinski definition) is 0. The van der Waals surface area contributed by atoms with Gasteiger partial charge in [0.25, 0.3) is 0 Å². The third kappa shape index (κ3) is 2.49. The molecule has 0 saturated carbocycles. The molecule has 0 aromatic heterocycles. The number of fused-ring (bicyclic) bond motifs is 9. The summed E-state index contributed by atoms with van der Waals surface area (Å²) in [7, 11) is 0. The van der Waals surface area contributed by atoms with E-state index < -0.39 is 5.41 Å². The fraction of sp³-hybridized carbons (Fsp3) is 0.114. The third-order valence-corrected chi connectivity index (χ3v) is 8.35. The van der Waals surface area contributed by atoms with Gasteiger partial charge in [-0.2, -0.15) is 5.26 Å². The summed E-state index contributed by atoms with van der Waals surface area (Å²) in [4.78, 5) is 0. The van der Waals surface area contributed by atoms with Crippen LogP contribution < -0.4 is 0 Å². The van der Waals surface area contributed by atoms with Gasteiger partial charge in [0, 0.05) is 5.41 Å². The minimum absolute atomic E-state index is 0.219. The molecule has 5 aromatic rings. The molecule has 0 atom stereocenters. The van der Waals surface area contributed by atoms with Gasteiger partial charge < -0.3 is 0 Å². The fourth-order valence-corrected chi connectivity index (χ4v) is 6.99. The van der Waals surface area contributed by atoms with Crippen molar-refractivity contribution in [2.24, 2.45) is 0 Å². The van der Waals surface area contributed by atoms with Crippen molar-refractivity contribution in [2.45, 2.75) is 24.7 Å². The van der Waals surface area contributed by atoms with Gasteiger partial charge in [-0.1, -0.05) is 117 Å². The van der Waals surface area contributed by atoms with E-state index in [9.17, 15) is 5.26 Å². The quantitative estimate of drug-likeness (QED) is 0.243. The monoisotopic (exact) mass is 459 g/mol. The second-order valence-corrected chi connectivity index (χ2v) is 10.4. The van der Waals surface area contributed by atoms with Crippen molar-refractivity contribution in [3.8, 4) is 28.3 Å². The van der Waals surface area contributed by atoms with Crippen molar-refractivity contribution < 1.29 is 0 Å². The largest absolute Gasteiger partial charge is 0.192 e. The van der Waals surface area contributed by atoms with Crippen molar-refractivity contribution in [1.29, 1.82) is 5.26 Å². The molecule has 1 nitrogen and oxygen atoms in total. The molecule has 2 aliphatic rings. The number of rotatable bonds is 1. The minimum atomic E-state index is -0.391. The van der Waals surface area contributed by atoms with E-state index in [1.165, 1.54) is 50.1 Å². The predicted octanol–water partition coefficient (Wildman–Crippen LogP) is 8.23. The normalized spacial score (nSPS) is 15.4. The summed E-state index contributed by atoms with van der Waals surface area (Å²) >= 11 is 0. The van der Waals surface area contributed by atoms with E-state index in [0.717, 1.165) is 5.56 Å². The van der Waals surface area contributed by atoms with Crippen LogP contribution in [0, 0.1) is 11.3 Å². The van der Waals surface area contributed by atoms with E-state index in [0.29, 0.717) is 5.56 Å². The van der Waals surface area contributed by atoms with Crippen LogP contribution >= 0.6 is 0 Å². The minimum Gasteiger partial charge on any atom is -0.192 e. The van der Waals surface area contributed by atoms with Gasteiger partial charge >= 0.3 is 0 Å². The lowest BCUT2D eigenvalue weighted by molar-refractivity contribution is 0.565. The van der Waals surface area contributed by atoms with E-state index in [1.54, 1.807) is 0 Å². The standard InChI is InChI=1S/C35H25N/c1-34(2)30-18-7-8-19-31(30)35(28-16-5-3-13-26(28)27-14-4-6-17-29(27)35)32-20-10-15-25(33(32)34)24-12-9-11-23(21-24)22-36/h3-21H,1-2H3. The molecule has 36 heavy (non-hydrogen) atoms. The first-order valence-electron chi connectivity index (χ1n) is 12.5. The van der Waals surface area contributed by atoms with Gasteiger partial charge in [0.2, 0.25) is 0 Å². The molecule has 0 N–H and O–H groups in total. The van der Waals surface area contributed by atoms with E-state index in [2.05, 4.69) is 117 Å². The molecule has 0 unspecified atom stereocenters. The molecule has 0 bridgehead atoms. The molecule has 1 spiro atoms. The maximum absolute atomic E-state index is 9.62. The van der Waals surface area contributed by atoms with Crippen molar-refractivity contribution in [1.82, 2.24) is 0 Å². The van der Waals surface area contributed by atoms with Crippen LogP contribution in [0.15, 0.2) is 115 Å². The zero-order chi connectivity index (χ0) is 24.5. The molecule has 5 aromatic carbocycles. The van der Waals surface area contributed by atoms with E-state index in [-0.39, 0.29) is 5.41 Å². The summed E-state index contributed by atoms with van der Waals surface area (Å²) in [6.07, 6.45) is 0. The Labute approximate surface area is 212 Å². The highest BCUT2D eigenvalue weighted by molar-refractivity contribution is 5.90. The molecule has 0 heterocycles. The molecule has 0 fully saturated rings. The lowest BCUT2D eigenvalue weighted by Crippen LogP contribution is -2.41. The zero-order valence-electron chi connectivity index (χ0n) is 20.4. The fourth-order valence-electron chi connectivity index (χ4n) is 6.99. The van der Waals surface area contributed by atoms with Crippen molar-refractivity contribution in [3.63, 3.8) is 0 Å². The maximum atomic E-state index is 9.62. The van der Waals surface area contributed by atoms with Crippen LogP contribution in [0.25, 0.3) is 22.3 Å². The van der Waals surface area contributed by atoms with Gasteiger partial charge in [0.15, 0.2) is 0 Å². The summed E-state index contributed by atoms with van der Waals surface area (Å²) in [6.45, 7) is 4.70. The van der Waals surface area contributed by atoms with Crippen molar-refractivity contribution >= 4 is 0 Å². The molecule has 0 saturated heterocycles. The first-order chi connectivity index (χ1) is 17.6. The third-order valence-electron chi connectivity index (χ3n) is 8.35. The van der Waals surface area contributed by atoms with E-state index >= 15 is 0 Å². The number of nitrogens with zero attached hydrogens (tertiary/aromatic N) is 1. The first-order valence-corrected chi connectivity index (χ1v) is 12.5. The Morgan fingerprint density at radius 1 is 0.528 bits per heavy atom. The van der Waals surface area contributed by atoms with Gasteiger partial charge in [-0.25, -0.2) is 0 Å². The van der Waals surface area contributed by atoms with Crippen molar-refractivity contribution in [3.05, 3.63) is 154 Å². The van der Waals surface area contributed by atoms with Gasteiger partial charge in [-0.15, -0.1) is 0 Å². The maximum Gasteiger partial charge on any atom is 0.0991 e. The molecule has 1 heteroatoms.